The molecule has 0 aromatic carbocycles. The average molecular weight is 270 g/mol. The van der Waals surface area contributed by atoms with Gasteiger partial charge >= 0.3 is 5.97 Å². The Labute approximate surface area is 117 Å². The fraction of sp³-hybridized carbons (Fsp3) is 0.800. The number of carbonyl (C=O) groups is 1. The van der Waals surface area contributed by atoms with E-state index in [0.717, 1.165) is 12.8 Å². The third-order valence-electron chi connectivity index (χ3n) is 5.35. The molecule has 1 N–H and O–H groups in total. The third-order valence-corrected chi connectivity index (χ3v) is 5.35. The van der Waals surface area contributed by atoms with Crippen molar-refractivity contribution in [2.24, 2.45) is 23.7 Å². The molecule has 3 aliphatic rings. The minimum Gasteiger partial charge on any atom is -0.454 e. The number of ether oxygens (including phenoxy) is 1. The van der Waals surface area contributed by atoms with Crippen LogP contribution >= 0.6 is 0 Å². The molecular formula is C15H22O4. The lowest BCUT2D eigenvalue weighted by molar-refractivity contribution is -0.278. The van der Waals surface area contributed by atoms with Crippen molar-refractivity contribution in [3.05, 3.63) is 11.6 Å². The van der Waals surface area contributed by atoms with E-state index in [1.54, 1.807) is 6.08 Å². The molecule has 1 aliphatic heterocycles. The van der Waals surface area contributed by atoms with Crippen LogP contribution in [0.25, 0.3) is 0 Å². The topological polar surface area (TPSA) is 55.8 Å². The van der Waals surface area contributed by atoms with E-state index < -0.39 is 18.6 Å². The number of rotatable bonds is 1. The predicted octanol–water partition coefficient (Wildman–Crippen LogP) is 2.79. The largest absolute Gasteiger partial charge is 0.454 e. The van der Waals surface area contributed by atoms with Gasteiger partial charge in [-0.15, -0.1) is 0 Å². The summed E-state index contributed by atoms with van der Waals surface area (Å²) >= 11 is 0. The molecule has 1 saturated heterocycles. The van der Waals surface area contributed by atoms with Crippen LogP contribution in [0.3, 0.4) is 0 Å². The lowest BCUT2D eigenvalue weighted by atomic mass is 9.58. The highest BCUT2D eigenvalue weighted by Crippen LogP contribution is 2.56. The Morgan fingerprint density at radius 1 is 1.47 bits per heavy atom. The minimum atomic E-state index is -2.38. The van der Waals surface area contributed by atoms with Crippen LogP contribution in [0.4, 0.5) is 0 Å². The van der Waals surface area contributed by atoms with Gasteiger partial charge in [0.1, 0.15) is 11.7 Å². The molecule has 0 aromatic heterocycles. The Kier molecular flexibility index (Phi) is 2.26. The molecule has 6 atom stereocenters. The van der Waals surface area contributed by atoms with Gasteiger partial charge in [0.15, 0.2) is 0 Å². The van der Waals surface area contributed by atoms with Crippen molar-refractivity contribution in [1.29, 1.82) is 0 Å². The summed E-state index contributed by atoms with van der Waals surface area (Å²) in [6.45, 7) is 1.56. The molecule has 1 unspecified atom stereocenters. The second-order valence-electron chi connectivity index (χ2n) is 6.26. The standard InChI is InChI=1S/C15H22O4/c1-8-4-5-11-10(3)14(16)18-15(11)7-9(2)13(19-17)6-12(8)15/h7-8,10-13,17H,4-6H2,1-3H3/t8-,10-,11+,12+,13?,15-/m1/s1/i2+1D3. The van der Waals surface area contributed by atoms with Crippen LogP contribution in [-0.4, -0.2) is 22.9 Å². The summed E-state index contributed by atoms with van der Waals surface area (Å²) in [6.07, 6.45) is 2.89. The number of hydrogen-bond acceptors (Lipinski definition) is 4. The van der Waals surface area contributed by atoms with Gasteiger partial charge in [-0.3, -0.25) is 10.1 Å². The monoisotopic (exact) mass is 270 g/mol. The van der Waals surface area contributed by atoms with E-state index in [0.29, 0.717) is 6.42 Å². The first kappa shape index (κ1) is 9.94. The zero-order chi connectivity index (χ0) is 16.3. The second kappa shape index (κ2) is 4.32. The first-order valence-electron chi connectivity index (χ1n) is 8.47. The zero-order valence-corrected chi connectivity index (χ0v) is 11.3. The summed E-state index contributed by atoms with van der Waals surface area (Å²) in [6, 6.07) is 0. The SMILES string of the molecule is [2H][13C]([2H])([2H])C1=C[C@@]23OC(=O)[C@H](C)[C@@H]2CC[C@@H](C)[C@@H]3CC1OO. The highest BCUT2D eigenvalue weighted by molar-refractivity contribution is 5.76. The van der Waals surface area contributed by atoms with Crippen LogP contribution < -0.4 is 0 Å². The Hall–Kier alpha value is -0.870. The van der Waals surface area contributed by atoms with Crippen molar-refractivity contribution in [3.63, 3.8) is 0 Å². The van der Waals surface area contributed by atoms with E-state index in [1.165, 1.54) is 0 Å². The van der Waals surface area contributed by atoms with Gasteiger partial charge in [0, 0.05) is 15.9 Å². The van der Waals surface area contributed by atoms with Crippen molar-refractivity contribution in [2.75, 3.05) is 0 Å². The molecule has 0 bridgehead atoms. The summed E-state index contributed by atoms with van der Waals surface area (Å²) in [4.78, 5) is 16.6. The molecule has 0 aromatic rings. The maximum atomic E-state index is 12.1. The van der Waals surface area contributed by atoms with Gasteiger partial charge in [0.05, 0.1) is 5.92 Å². The number of esters is 1. The first-order chi connectivity index (χ1) is 10.2. The van der Waals surface area contributed by atoms with Crippen molar-refractivity contribution >= 4 is 5.97 Å². The fourth-order valence-corrected chi connectivity index (χ4v) is 4.27. The average Bonchev–Trinajstić information content (AvgIpc) is 2.68. The van der Waals surface area contributed by atoms with Crippen molar-refractivity contribution in [3.8, 4) is 0 Å². The zero-order valence-electron chi connectivity index (χ0n) is 14.3. The van der Waals surface area contributed by atoms with Crippen molar-refractivity contribution in [1.82, 2.24) is 0 Å². The van der Waals surface area contributed by atoms with E-state index in [9.17, 15) is 4.79 Å². The normalized spacial score (nSPS) is 52.2. The molecule has 1 saturated carbocycles. The smallest absolute Gasteiger partial charge is 0.309 e. The van der Waals surface area contributed by atoms with Crippen LogP contribution in [0, 0.1) is 23.7 Å². The number of hydrogen-bond donors (Lipinski definition) is 1. The molecule has 2 fully saturated rings. The summed E-state index contributed by atoms with van der Waals surface area (Å²) in [5.41, 5.74) is -0.806. The lowest BCUT2D eigenvalue weighted by Gasteiger charge is -2.49. The van der Waals surface area contributed by atoms with E-state index >= 15 is 0 Å². The number of carbonyl (C=O) groups excluding carboxylic acids is 1. The van der Waals surface area contributed by atoms with Crippen molar-refractivity contribution in [2.45, 2.75) is 51.7 Å². The summed E-state index contributed by atoms with van der Waals surface area (Å²) in [5.74, 6) is -0.229. The van der Waals surface area contributed by atoms with Gasteiger partial charge in [-0.25, -0.2) is 4.89 Å². The molecule has 4 nitrogen and oxygen atoms in total. The van der Waals surface area contributed by atoms with E-state index in [-0.39, 0.29) is 35.2 Å². The molecule has 0 radical (unpaired) electrons. The van der Waals surface area contributed by atoms with Crippen LogP contribution in [0.2, 0.25) is 0 Å². The van der Waals surface area contributed by atoms with Gasteiger partial charge in [-0.05, 0) is 43.7 Å². The molecule has 19 heavy (non-hydrogen) atoms. The molecule has 3 rings (SSSR count). The van der Waals surface area contributed by atoms with Crippen LogP contribution in [0.15, 0.2) is 11.6 Å². The predicted molar refractivity (Wildman–Crippen MR) is 69.2 cm³/mol. The van der Waals surface area contributed by atoms with Gasteiger partial charge in [0.25, 0.3) is 0 Å². The summed E-state index contributed by atoms with van der Waals surface area (Å²) in [7, 11) is 0. The minimum absolute atomic E-state index is 0.00167. The maximum absolute atomic E-state index is 12.1. The Bertz CT molecular complexity index is 515. The second-order valence-corrected chi connectivity index (χ2v) is 6.26. The molecule has 0 amide bonds. The van der Waals surface area contributed by atoms with Crippen LogP contribution in [0.1, 0.15) is 44.1 Å². The molecule has 2 aliphatic carbocycles. The molecular weight excluding hydrogens is 245 g/mol. The van der Waals surface area contributed by atoms with Gasteiger partial charge < -0.3 is 4.74 Å². The van der Waals surface area contributed by atoms with Crippen LogP contribution in [-0.2, 0) is 14.4 Å². The lowest BCUT2D eigenvalue weighted by Crippen LogP contribution is -2.52. The first-order valence-corrected chi connectivity index (χ1v) is 6.97. The van der Waals surface area contributed by atoms with Gasteiger partial charge in [-0.1, -0.05) is 13.8 Å². The Morgan fingerprint density at radius 2 is 2.26 bits per heavy atom. The molecule has 106 valence electrons. The van der Waals surface area contributed by atoms with E-state index in [1.807, 2.05) is 6.92 Å². The summed E-state index contributed by atoms with van der Waals surface area (Å²) < 4.78 is 28.9. The van der Waals surface area contributed by atoms with Gasteiger partial charge in [-0.2, -0.15) is 0 Å². The highest BCUT2D eigenvalue weighted by atomic mass is 17.1. The van der Waals surface area contributed by atoms with E-state index in [2.05, 4.69) is 11.8 Å². The van der Waals surface area contributed by atoms with Gasteiger partial charge in [0.2, 0.25) is 0 Å². The third kappa shape index (κ3) is 1.69. The van der Waals surface area contributed by atoms with Crippen LogP contribution in [0.5, 0.6) is 0 Å². The highest BCUT2D eigenvalue weighted by Gasteiger charge is 2.61. The molecule has 4 heteroatoms. The van der Waals surface area contributed by atoms with Crippen molar-refractivity contribution < 1.29 is 23.8 Å². The van der Waals surface area contributed by atoms with E-state index in [4.69, 9.17) is 14.1 Å². The fourth-order valence-electron chi connectivity index (χ4n) is 4.27. The Balaban J connectivity index is 2.13. The maximum Gasteiger partial charge on any atom is 0.309 e. The molecule has 1 spiro atoms. The molecule has 1 heterocycles. The quantitative estimate of drug-likeness (QED) is 0.262. The Morgan fingerprint density at radius 3 is 2.95 bits per heavy atom. The summed E-state index contributed by atoms with van der Waals surface area (Å²) in [5, 5.41) is 9.14.